The highest BCUT2D eigenvalue weighted by Crippen LogP contribution is 2.40. The number of H-pyrrole nitrogens is 2. The second-order valence-corrected chi connectivity index (χ2v) is 7.73. The Morgan fingerprint density at radius 1 is 1.10 bits per heavy atom. The van der Waals surface area contributed by atoms with Crippen molar-refractivity contribution in [2.45, 2.75) is 31.4 Å². The first-order valence-electron chi connectivity index (χ1n) is 9.97. The molecule has 0 unspecified atom stereocenters. The Hall–Kier alpha value is -3.56. The zero-order chi connectivity index (χ0) is 21.6. The molecule has 0 amide bonds. The van der Waals surface area contributed by atoms with Crippen molar-refractivity contribution in [1.29, 1.82) is 0 Å². The van der Waals surface area contributed by atoms with Crippen LogP contribution in [0.15, 0.2) is 42.6 Å². The first-order chi connectivity index (χ1) is 14.9. The number of rotatable bonds is 6. The first-order valence-corrected chi connectivity index (χ1v) is 9.97. The number of anilines is 3. The van der Waals surface area contributed by atoms with E-state index in [1.54, 1.807) is 4.90 Å². The molecule has 4 N–H and O–H groups in total. The van der Waals surface area contributed by atoms with Crippen LogP contribution in [0, 0.1) is 0 Å². The molecule has 3 aromatic heterocycles. The number of nitrogen functional groups attached to an aromatic ring is 1. The van der Waals surface area contributed by atoms with Crippen LogP contribution in [-0.4, -0.2) is 31.7 Å². The Bertz CT molecular complexity index is 1220. The van der Waals surface area contributed by atoms with Gasteiger partial charge < -0.3 is 10.7 Å². The molecular weight excluding hydrogens is 407 g/mol. The fourth-order valence-electron chi connectivity index (χ4n) is 3.60. The minimum absolute atomic E-state index is 0.121. The zero-order valence-electron chi connectivity index (χ0n) is 16.4. The molecule has 0 atom stereocenters. The molecule has 3 heterocycles. The highest BCUT2D eigenvalue weighted by Gasteiger charge is 2.34. The summed E-state index contributed by atoms with van der Waals surface area (Å²) in [6, 6.07) is 10.6. The molecule has 5 rings (SSSR count). The molecule has 0 radical (unpaired) electrons. The van der Waals surface area contributed by atoms with Gasteiger partial charge in [0.2, 0.25) is 5.95 Å². The highest BCUT2D eigenvalue weighted by molar-refractivity contribution is 5.79. The molecule has 0 spiro atoms. The SMILES string of the molecule is Nc1cc(C(F)(F)F)nc(N(CCc2ccc3[nH]ccc3c2)c2cc(C3CC3)[nH]n2)n1. The van der Waals surface area contributed by atoms with Crippen molar-refractivity contribution in [3.05, 3.63) is 59.5 Å². The lowest BCUT2D eigenvalue weighted by Gasteiger charge is -2.21. The molecule has 10 heteroatoms. The van der Waals surface area contributed by atoms with Gasteiger partial charge in [0.1, 0.15) is 5.82 Å². The van der Waals surface area contributed by atoms with Gasteiger partial charge in [-0.15, -0.1) is 0 Å². The molecule has 1 fully saturated rings. The molecule has 1 aliphatic rings. The summed E-state index contributed by atoms with van der Waals surface area (Å²) in [4.78, 5) is 12.6. The minimum Gasteiger partial charge on any atom is -0.384 e. The second kappa shape index (κ2) is 7.29. The number of aromatic amines is 2. The number of halogens is 3. The highest BCUT2D eigenvalue weighted by atomic mass is 19.4. The van der Waals surface area contributed by atoms with Crippen molar-refractivity contribution in [1.82, 2.24) is 25.1 Å². The van der Waals surface area contributed by atoms with E-state index in [4.69, 9.17) is 5.73 Å². The van der Waals surface area contributed by atoms with Gasteiger partial charge in [0.05, 0.1) is 0 Å². The molecule has 1 saturated carbocycles. The van der Waals surface area contributed by atoms with E-state index in [1.807, 2.05) is 36.5 Å². The molecule has 0 aliphatic heterocycles. The number of aromatic nitrogens is 5. The van der Waals surface area contributed by atoms with E-state index in [-0.39, 0.29) is 11.8 Å². The molecular formula is C21H20F3N7. The van der Waals surface area contributed by atoms with Crippen LogP contribution >= 0.6 is 0 Å². The molecule has 0 saturated heterocycles. The Morgan fingerprint density at radius 3 is 2.71 bits per heavy atom. The van der Waals surface area contributed by atoms with Crippen molar-refractivity contribution >= 4 is 28.5 Å². The minimum atomic E-state index is -4.62. The molecule has 4 aromatic rings. The van der Waals surface area contributed by atoms with E-state index >= 15 is 0 Å². The summed E-state index contributed by atoms with van der Waals surface area (Å²) in [5.74, 6) is 0.535. The molecule has 1 aromatic carbocycles. The number of nitrogens with one attached hydrogen (secondary N) is 2. The Morgan fingerprint density at radius 2 is 1.94 bits per heavy atom. The fourth-order valence-corrected chi connectivity index (χ4v) is 3.60. The smallest absolute Gasteiger partial charge is 0.384 e. The predicted molar refractivity (Wildman–Crippen MR) is 111 cm³/mol. The summed E-state index contributed by atoms with van der Waals surface area (Å²) in [5, 5.41) is 8.38. The third-order valence-corrected chi connectivity index (χ3v) is 5.39. The number of nitrogens with two attached hydrogens (primary N) is 1. The van der Waals surface area contributed by atoms with Gasteiger partial charge in [-0.3, -0.25) is 10.00 Å². The van der Waals surface area contributed by atoms with Crippen LogP contribution in [-0.2, 0) is 12.6 Å². The zero-order valence-corrected chi connectivity index (χ0v) is 16.4. The summed E-state index contributed by atoms with van der Waals surface area (Å²) in [6.45, 7) is 0.339. The summed E-state index contributed by atoms with van der Waals surface area (Å²) in [7, 11) is 0. The van der Waals surface area contributed by atoms with Crippen LogP contribution in [0.3, 0.4) is 0 Å². The maximum Gasteiger partial charge on any atom is 0.433 e. The Balaban J connectivity index is 1.48. The van der Waals surface area contributed by atoms with Crippen LogP contribution in [0.4, 0.5) is 30.8 Å². The molecule has 7 nitrogen and oxygen atoms in total. The van der Waals surface area contributed by atoms with Crippen molar-refractivity contribution in [2.75, 3.05) is 17.2 Å². The topological polar surface area (TPSA) is 99.5 Å². The van der Waals surface area contributed by atoms with E-state index in [1.165, 1.54) is 0 Å². The number of fused-ring (bicyclic) bond motifs is 1. The number of hydrogen-bond acceptors (Lipinski definition) is 5. The number of benzene rings is 1. The number of nitrogens with zero attached hydrogens (tertiary/aromatic N) is 4. The molecule has 1 aliphatic carbocycles. The normalized spacial score (nSPS) is 14.3. The maximum absolute atomic E-state index is 13.3. The Labute approximate surface area is 175 Å². The molecule has 160 valence electrons. The lowest BCUT2D eigenvalue weighted by Crippen LogP contribution is -2.25. The van der Waals surface area contributed by atoms with Gasteiger partial charge in [0.25, 0.3) is 0 Å². The summed E-state index contributed by atoms with van der Waals surface area (Å²) in [5.41, 5.74) is 7.63. The second-order valence-electron chi connectivity index (χ2n) is 7.73. The largest absolute Gasteiger partial charge is 0.433 e. The predicted octanol–water partition coefficient (Wildman–Crippen LogP) is 4.54. The molecule has 0 bridgehead atoms. The summed E-state index contributed by atoms with van der Waals surface area (Å²) in [6.07, 6.45) is -0.0480. The van der Waals surface area contributed by atoms with E-state index in [0.717, 1.165) is 41.1 Å². The van der Waals surface area contributed by atoms with Gasteiger partial charge in [-0.1, -0.05) is 6.07 Å². The van der Waals surface area contributed by atoms with Crippen LogP contribution < -0.4 is 10.6 Å². The third-order valence-electron chi connectivity index (χ3n) is 5.39. The van der Waals surface area contributed by atoms with Gasteiger partial charge in [0, 0.05) is 42.0 Å². The van der Waals surface area contributed by atoms with Gasteiger partial charge in [0.15, 0.2) is 11.5 Å². The first kappa shape index (κ1) is 19.4. The Kier molecular flexibility index (Phi) is 4.57. The average Bonchev–Trinajstić information content (AvgIpc) is 3.27. The van der Waals surface area contributed by atoms with Crippen LogP contribution in [0.2, 0.25) is 0 Å². The van der Waals surface area contributed by atoms with Crippen molar-refractivity contribution in [2.24, 2.45) is 0 Å². The van der Waals surface area contributed by atoms with E-state index in [9.17, 15) is 13.2 Å². The van der Waals surface area contributed by atoms with E-state index < -0.39 is 11.9 Å². The van der Waals surface area contributed by atoms with Gasteiger partial charge in [-0.25, -0.2) is 4.98 Å². The van der Waals surface area contributed by atoms with Crippen LogP contribution in [0.25, 0.3) is 10.9 Å². The van der Waals surface area contributed by atoms with Crippen molar-refractivity contribution in [3.8, 4) is 0 Å². The van der Waals surface area contributed by atoms with E-state index in [0.29, 0.717) is 24.7 Å². The fraction of sp³-hybridized carbons (Fsp3) is 0.286. The lowest BCUT2D eigenvalue weighted by molar-refractivity contribution is -0.141. The standard InChI is InChI=1S/C21H20F3N7/c22-21(23,24)17-11-18(25)28-20(27-17)31(19-10-16(29-30-19)13-2-3-13)8-6-12-1-4-15-14(9-12)5-7-26-15/h1,4-5,7,9-11,13,26H,2-3,6,8H2,(H,29,30)(H2,25,27,28). The van der Waals surface area contributed by atoms with Crippen molar-refractivity contribution in [3.63, 3.8) is 0 Å². The number of alkyl halides is 3. The van der Waals surface area contributed by atoms with Gasteiger partial charge in [-0.05, 0) is 48.4 Å². The maximum atomic E-state index is 13.3. The lowest BCUT2D eigenvalue weighted by atomic mass is 10.1. The van der Waals surface area contributed by atoms with Gasteiger partial charge >= 0.3 is 6.18 Å². The third kappa shape index (κ3) is 4.05. The monoisotopic (exact) mass is 427 g/mol. The van der Waals surface area contributed by atoms with Crippen LogP contribution in [0.1, 0.15) is 35.7 Å². The van der Waals surface area contributed by atoms with Gasteiger partial charge in [-0.2, -0.15) is 23.3 Å². The average molecular weight is 427 g/mol. The number of hydrogen-bond donors (Lipinski definition) is 3. The summed E-state index contributed by atoms with van der Waals surface area (Å²) >= 11 is 0. The van der Waals surface area contributed by atoms with E-state index in [2.05, 4.69) is 25.1 Å². The van der Waals surface area contributed by atoms with Crippen LogP contribution in [0.5, 0.6) is 0 Å². The van der Waals surface area contributed by atoms with Crippen molar-refractivity contribution < 1.29 is 13.2 Å². The molecule has 31 heavy (non-hydrogen) atoms. The summed E-state index contributed by atoms with van der Waals surface area (Å²) < 4.78 is 39.9. The quantitative estimate of drug-likeness (QED) is 0.420.